The topological polar surface area (TPSA) is 113 Å². The lowest BCUT2D eigenvalue weighted by Gasteiger charge is -2.13. The SMILES string of the molecule is CCOc1cc(/C=C(\Sc2nnc(-c3cc(OC)cc(OC)c3)o2)C(=O)O)ccc1OCc1ccc(F)cc1. The number of carboxylic acids is 1. The van der Waals surface area contributed by atoms with E-state index < -0.39 is 5.97 Å². The van der Waals surface area contributed by atoms with Crippen LogP contribution in [0.25, 0.3) is 17.5 Å². The lowest BCUT2D eigenvalue weighted by Crippen LogP contribution is -2.00. The van der Waals surface area contributed by atoms with Gasteiger partial charge in [0.15, 0.2) is 11.5 Å². The molecular weight excluding hydrogens is 527 g/mol. The third kappa shape index (κ3) is 7.29. The summed E-state index contributed by atoms with van der Waals surface area (Å²) < 4.78 is 41.0. The number of methoxy groups -OCH3 is 2. The molecule has 0 bridgehead atoms. The molecule has 39 heavy (non-hydrogen) atoms. The molecule has 0 spiro atoms. The second kappa shape index (κ2) is 12.8. The van der Waals surface area contributed by atoms with Crippen LogP contribution in [-0.4, -0.2) is 42.1 Å². The van der Waals surface area contributed by atoms with Gasteiger partial charge in [0.1, 0.15) is 28.8 Å². The van der Waals surface area contributed by atoms with E-state index in [2.05, 4.69) is 10.2 Å². The van der Waals surface area contributed by atoms with Crippen molar-refractivity contribution < 1.29 is 37.7 Å². The number of carboxylic acid groups (broad SMARTS) is 1. The molecule has 0 fully saturated rings. The molecule has 0 amide bonds. The Bertz CT molecular complexity index is 1450. The molecule has 4 aromatic rings. The molecule has 0 atom stereocenters. The zero-order chi connectivity index (χ0) is 27.8. The molecular formula is C28H25FN2O7S. The van der Waals surface area contributed by atoms with Crippen molar-refractivity contribution in [2.45, 2.75) is 18.8 Å². The zero-order valence-corrected chi connectivity index (χ0v) is 22.2. The minimum Gasteiger partial charge on any atom is -0.497 e. The van der Waals surface area contributed by atoms with Crippen LogP contribution in [0.4, 0.5) is 4.39 Å². The van der Waals surface area contributed by atoms with Gasteiger partial charge < -0.3 is 28.5 Å². The molecule has 3 aromatic carbocycles. The Morgan fingerprint density at radius 3 is 2.33 bits per heavy atom. The molecule has 202 valence electrons. The number of rotatable bonds is 12. The van der Waals surface area contributed by atoms with Gasteiger partial charge in [-0.2, -0.15) is 0 Å². The number of nitrogens with zero attached hydrogens (tertiary/aromatic N) is 2. The molecule has 0 radical (unpaired) electrons. The van der Waals surface area contributed by atoms with Crippen LogP contribution >= 0.6 is 11.8 Å². The first kappa shape index (κ1) is 27.5. The molecule has 0 unspecified atom stereocenters. The second-order valence-electron chi connectivity index (χ2n) is 7.94. The summed E-state index contributed by atoms with van der Waals surface area (Å²) >= 11 is 0.815. The predicted molar refractivity (Wildman–Crippen MR) is 143 cm³/mol. The third-order valence-electron chi connectivity index (χ3n) is 5.29. The fraction of sp³-hybridized carbons (Fsp3) is 0.179. The molecule has 11 heteroatoms. The average molecular weight is 553 g/mol. The Morgan fingerprint density at radius 1 is 0.974 bits per heavy atom. The maximum absolute atomic E-state index is 13.2. The Balaban J connectivity index is 1.54. The van der Waals surface area contributed by atoms with E-state index in [1.807, 2.05) is 6.92 Å². The summed E-state index contributed by atoms with van der Waals surface area (Å²) in [5, 5.41) is 17.9. The Labute approximate surface area is 228 Å². The van der Waals surface area contributed by atoms with Crippen LogP contribution in [0.15, 0.2) is 75.2 Å². The van der Waals surface area contributed by atoms with E-state index in [0.717, 1.165) is 17.3 Å². The molecule has 0 aliphatic heterocycles. The Hall–Kier alpha value is -4.51. The van der Waals surface area contributed by atoms with Crippen molar-refractivity contribution in [1.29, 1.82) is 0 Å². The van der Waals surface area contributed by atoms with Crippen molar-refractivity contribution >= 4 is 23.8 Å². The maximum Gasteiger partial charge on any atom is 0.342 e. The van der Waals surface area contributed by atoms with Gasteiger partial charge in [-0.1, -0.05) is 18.2 Å². The number of carbonyl (C=O) groups is 1. The molecule has 0 saturated carbocycles. The largest absolute Gasteiger partial charge is 0.497 e. The van der Waals surface area contributed by atoms with Crippen LogP contribution in [0.2, 0.25) is 0 Å². The number of aliphatic carboxylic acids is 1. The van der Waals surface area contributed by atoms with Crippen LogP contribution in [0, 0.1) is 5.82 Å². The summed E-state index contributed by atoms with van der Waals surface area (Å²) in [6.07, 6.45) is 1.47. The number of thioether (sulfide) groups is 1. The predicted octanol–water partition coefficient (Wildman–Crippen LogP) is 6.09. The lowest BCUT2D eigenvalue weighted by molar-refractivity contribution is -0.131. The van der Waals surface area contributed by atoms with Crippen molar-refractivity contribution in [2.75, 3.05) is 20.8 Å². The van der Waals surface area contributed by atoms with E-state index in [4.69, 9.17) is 23.4 Å². The van der Waals surface area contributed by atoms with Crippen LogP contribution in [0.3, 0.4) is 0 Å². The molecule has 1 heterocycles. The van der Waals surface area contributed by atoms with E-state index in [9.17, 15) is 14.3 Å². The number of ether oxygens (including phenoxy) is 4. The van der Waals surface area contributed by atoms with Gasteiger partial charge in [-0.3, -0.25) is 0 Å². The van der Waals surface area contributed by atoms with E-state index in [1.165, 1.54) is 32.4 Å². The number of halogens is 1. The molecule has 1 N–H and O–H groups in total. The highest BCUT2D eigenvalue weighted by Crippen LogP contribution is 2.35. The van der Waals surface area contributed by atoms with Gasteiger partial charge in [-0.05, 0) is 72.3 Å². The van der Waals surface area contributed by atoms with E-state index >= 15 is 0 Å². The highest BCUT2D eigenvalue weighted by atomic mass is 32.2. The zero-order valence-electron chi connectivity index (χ0n) is 21.3. The van der Waals surface area contributed by atoms with Gasteiger partial charge >= 0.3 is 5.97 Å². The first-order valence-electron chi connectivity index (χ1n) is 11.7. The quantitative estimate of drug-likeness (QED) is 0.164. The van der Waals surface area contributed by atoms with Crippen LogP contribution in [0.5, 0.6) is 23.0 Å². The van der Waals surface area contributed by atoms with Crippen molar-refractivity contribution in [3.63, 3.8) is 0 Å². The first-order valence-corrected chi connectivity index (χ1v) is 12.5. The third-order valence-corrected chi connectivity index (χ3v) is 6.14. The number of hydrogen-bond donors (Lipinski definition) is 1. The van der Waals surface area contributed by atoms with Crippen molar-refractivity contribution in [3.05, 3.63) is 82.5 Å². The molecule has 4 rings (SSSR count). The first-order chi connectivity index (χ1) is 18.9. The minimum absolute atomic E-state index is 0.0455. The van der Waals surface area contributed by atoms with Gasteiger partial charge in [0.05, 0.1) is 20.8 Å². The summed E-state index contributed by atoms with van der Waals surface area (Å²) in [7, 11) is 3.05. The average Bonchev–Trinajstić information content (AvgIpc) is 3.41. The summed E-state index contributed by atoms with van der Waals surface area (Å²) in [5.41, 5.74) is 1.91. The number of benzene rings is 3. The van der Waals surface area contributed by atoms with Gasteiger partial charge in [-0.25, -0.2) is 9.18 Å². The van der Waals surface area contributed by atoms with Crippen LogP contribution in [0.1, 0.15) is 18.1 Å². The van der Waals surface area contributed by atoms with Crippen LogP contribution < -0.4 is 18.9 Å². The number of aromatic nitrogens is 2. The van der Waals surface area contributed by atoms with E-state index in [0.29, 0.717) is 40.7 Å². The monoisotopic (exact) mass is 552 g/mol. The maximum atomic E-state index is 13.2. The van der Waals surface area contributed by atoms with Gasteiger partial charge in [0.2, 0.25) is 5.89 Å². The molecule has 1 aromatic heterocycles. The normalized spacial score (nSPS) is 11.2. The molecule has 0 aliphatic carbocycles. The Morgan fingerprint density at radius 2 is 1.69 bits per heavy atom. The molecule has 0 aliphatic rings. The van der Waals surface area contributed by atoms with Crippen molar-refractivity contribution in [2.24, 2.45) is 0 Å². The molecule has 0 saturated heterocycles. The van der Waals surface area contributed by atoms with E-state index in [-0.39, 0.29) is 28.4 Å². The highest BCUT2D eigenvalue weighted by Gasteiger charge is 2.18. The lowest BCUT2D eigenvalue weighted by atomic mass is 10.2. The fourth-order valence-corrected chi connectivity index (χ4v) is 4.10. The van der Waals surface area contributed by atoms with Crippen molar-refractivity contribution in [3.8, 4) is 34.5 Å². The summed E-state index contributed by atoms with van der Waals surface area (Å²) in [5.74, 6) is 0.678. The summed E-state index contributed by atoms with van der Waals surface area (Å²) in [6.45, 7) is 2.42. The smallest absolute Gasteiger partial charge is 0.342 e. The molecule has 9 nitrogen and oxygen atoms in total. The van der Waals surface area contributed by atoms with Crippen LogP contribution in [-0.2, 0) is 11.4 Å². The minimum atomic E-state index is -1.17. The standard InChI is InChI=1S/C28H25FN2O7S/c1-4-36-24-11-18(7-10-23(24)37-16-17-5-8-20(29)9-6-17)12-25(27(32)33)39-28-31-30-26(38-28)19-13-21(34-2)15-22(14-19)35-3/h5-15H,4,16H2,1-3H3,(H,32,33)/b25-12-. The van der Waals surface area contributed by atoms with Crippen molar-refractivity contribution in [1.82, 2.24) is 10.2 Å². The highest BCUT2D eigenvalue weighted by molar-refractivity contribution is 8.03. The van der Waals surface area contributed by atoms with Gasteiger partial charge in [-0.15, -0.1) is 10.2 Å². The number of hydrogen-bond acceptors (Lipinski definition) is 9. The van der Waals surface area contributed by atoms with E-state index in [1.54, 1.807) is 48.5 Å². The Kier molecular flexibility index (Phi) is 9.06. The second-order valence-corrected chi connectivity index (χ2v) is 8.94. The summed E-state index contributed by atoms with van der Waals surface area (Å²) in [6, 6.07) is 16.2. The summed E-state index contributed by atoms with van der Waals surface area (Å²) in [4.78, 5) is 12.0. The fourth-order valence-electron chi connectivity index (χ4n) is 3.42. The van der Waals surface area contributed by atoms with Gasteiger partial charge in [0, 0.05) is 11.6 Å². The van der Waals surface area contributed by atoms with Gasteiger partial charge in [0.25, 0.3) is 5.22 Å².